The third kappa shape index (κ3) is 5.27. The molecule has 0 radical (unpaired) electrons. The smallest absolute Gasteiger partial charge is 0.466 e. The van der Waals surface area contributed by atoms with Crippen LogP contribution in [-0.2, 0) is 21.3 Å². The first kappa shape index (κ1) is 17.3. The summed E-state index contributed by atoms with van der Waals surface area (Å²) in [6.45, 7) is 1.71. The van der Waals surface area contributed by atoms with Crippen LogP contribution in [0.1, 0.15) is 23.6 Å². The number of carbonyl (C=O) groups excluding carboxylic acids is 1. The van der Waals surface area contributed by atoms with Crippen molar-refractivity contribution in [2.45, 2.75) is 25.0 Å². The third-order valence-corrected chi connectivity index (χ3v) is 3.02. The molecule has 21 heavy (non-hydrogen) atoms. The van der Waals surface area contributed by atoms with Crippen molar-refractivity contribution >= 4 is 21.9 Å². The van der Waals surface area contributed by atoms with Gasteiger partial charge in [0.05, 0.1) is 24.7 Å². The molecule has 1 rings (SSSR count). The lowest BCUT2D eigenvalue weighted by atomic mass is 10.0. The van der Waals surface area contributed by atoms with E-state index < -0.39 is 18.1 Å². The van der Waals surface area contributed by atoms with E-state index in [0.717, 1.165) is 6.07 Å². The van der Waals surface area contributed by atoms with Crippen LogP contribution in [0.2, 0.25) is 0 Å². The fourth-order valence-corrected chi connectivity index (χ4v) is 2.08. The van der Waals surface area contributed by atoms with Gasteiger partial charge >= 0.3 is 12.3 Å². The molecule has 0 N–H and O–H groups in total. The highest BCUT2D eigenvalue weighted by atomic mass is 79.9. The summed E-state index contributed by atoms with van der Waals surface area (Å²) in [4.78, 5) is 11.4. The van der Waals surface area contributed by atoms with Crippen molar-refractivity contribution in [3.8, 4) is 11.8 Å². The van der Waals surface area contributed by atoms with Gasteiger partial charge in [0.15, 0.2) is 0 Å². The zero-order valence-corrected chi connectivity index (χ0v) is 12.5. The predicted octanol–water partition coefficient (Wildman–Crippen LogP) is 3.46. The Morgan fingerprint density at radius 1 is 1.38 bits per heavy atom. The zero-order chi connectivity index (χ0) is 16.0. The van der Waals surface area contributed by atoms with Crippen LogP contribution in [0.3, 0.4) is 0 Å². The number of hydrogen-bond acceptors (Lipinski definition) is 4. The Morgan fingerprint density at radius 2 is 2.05 bits per heavy atom. The predicted molar refractivity (Wildman–Crippen MR) is 70.8 cm³/mol. The van der Waals surface area contributed by atoms with E-state index >= 15 is 0 Å². The van der Waals surface area contributed by atoms with E-state index in [-0.39, 0.29) is 29.5 Å². The highest BCUT2D eigenvalue weighted by molar-refractivity contribution is 9.08. The Bertz CT molecular complexity index is 567. The summed E-state index contributed by atoms with van der Waals surface area (Å²) in [7, 11) is 0. The molecule has 0 aliphatic carbocycles. The normalized spacial score (nSPS) is 10.9. The number of esters is 1. The standard InChI is InChI=1S/C13H11BrF3NO3/c1-2-20-12(19)5-8-3-9(6-14)10(7-18)4-11(8)21-13(15,16)17/h3-4H,2,5-6H2,1H3. The minimum atomic E-state index is -4.91. The van der Waals surface area contributed by atoms with E-state index in [9.17, 15) is 18.0 Å². The maximum atomic E-state index is 12.4. The van der Waals surface area contributed by atoms with Gasteiger partial charge in [-0.25, -0.2) is 0 Å². The maximum absolute atomic E-state index is 12.4. The van der Waals surface area contributed by atoms with Crippen molar-refractivity contribution in [1.29, 1.82) is 5.26 Å². The van der Waals surface area contributed by atoms with Crippen molar-refractivity contribution in [2.24, 2.45) is 0 Å². The summed E-state index contributed by atoms with van der Waals surface area (Å²) in [5.41, 5.74) is 0.518. The van der Waals surface area contributed by atoms with Gasteiger partial charge in [-0.3, -0.25) is 4.79 Å². The van der Waals surface area contributed by atoms with Crippen LogP contribution in [0.4, 0.5) is 13.2 Å². The monoisotopic (exact) mass is 365 g/mol. The molecule has 0 unspecified atom stereocenters. The zero-order valence-electron chi connectivity index (χ0n) is 11.0. The van der Waals surface area contributed by atoms with Crippen LogP contribution in [0, 0.1) is 11.3 Å². The number of nitrogens with zero attached hydrogens (tertiary/aromatic N) is 1. The molecule has 0 aliphatic heterocycles. The molecule has 0 aliphatic rings. The van der Waals surface area contributed by atoms with Crippen LogP contribution >= 0.6 is 15.9 Å². The van der Waals surface area contributed by atoms with Crippen molar-refractivity contribution in [3.05, 3.63) is 28.8 Å². The molecule has 0 saturated carbocycles. The molecular formula is C13H11BrF3NO3. The lowest BCUT2D eigenvalue weighted by Crippen LogP contribution is -2.19. The number of hydrogen-bond donors (Lipinski definition) is 0. The number of nitriles is 1. The van der Waals surface area contributed by atoms with E-state index in [1.165, 1.54) is 6.07 Å². The largest absolute Gasteiger partial charge is 0.573 e. The average Bonchev–Trinajstić information content (AvgIpc) is 2.38. The van der Waals surface area contributed by atoms with Crippen molar-refractivity contribution in [2.75, 3.05) is 6.61 Å². The minimum Gasteiger partial charge on any atom is -0.466 e. The number of alkyl halides is 4. The van der Waals surface area contributed by atoms with Crippen LogP contribution in [-0.4, -0.2) is 18.9 Å². The summed E-state index contributed by atoms with van der Waals surface area (Å²) in [6.07, 6.45) is -5.28. The molecule has 0 bridgehead atoms. The van der Waals surface area contributed by atoms with Gasteiger partial charge < -0.3 is 9.47 Å². The topological polar surface area (TPSA) is 59.3 Å². The quantitative estimate of drug-likeness (QED) is 0.592. The van der Waals surface area contributed by atoms with E-state index in [0.29, 0.717) is 5.56 Å². The molecule has 114 valence electrons. The van der Waals surface area contributed by atoms with Gasteiger partial charge in [0, 0.05) is 10.9 Å². The Kier molecular flexibility index (Phi) is 6.03. The van der Waals surface area contributed by atoms with E-state index in [1.807, 2.05) is 0 Å². The second-order valence-electron chi connectivity index (χ2n) is 3.89. The summed E-state index contributed by atoms with van der Waals surface area (Å²) in [5.74, 6) is -1.24. The SMILES string of the molecule is CCOC(=O)Cc1cc(CBr)c(C#N)cc1OC(F)(F)F. The molecule has 0 spiro atoms. The molecule has 0 fully saturated rings. The average molecular weight is 366 g/mol. The number of rotatable bonds is 5. The second kappa shape index (κ2) is 7.31. The Hall–Kier alpha value is -1.75. The van der Waals surface area contributed by atoms with Gasteiger partial charge in [-0.1, -0.05) is 15.9 Å². The van der Waals surface area contributed by atoms with Crippen LogP contribution in [0.15, 0.2) is 12.1 Å². The molecule has 4 nitrogen and oxygen atoms in total. The second-order valence-corrected chi connectivity index (χ2v) is 4.45. The summed E-state index contributed by atoms with van der Waals surface area (Å²) in [6, 6.07) is 4.08. The van der Waals surface area contributed by atoms with Crippen LogP contribution in [0.25, 0.3) is 0 Å². The molecule has 0 atom stereocenters. The molecular weight excluding hydrogens is 355 g/mol. The van der Waals surface area contributed by atoms with Gasteiger partial charge in [-0.05, 0) is 24.6 Å². The molecule has 0 amide bonds. The summed E-state index contributed by atoms with van der Waals surface area (Å²) < 4.78 is 45.8. The summed E-state index contributed by atoms with van der Waals surface area (Å²) >= 11 is 3.14. The maximum Gasteiger partial charge on any atom is 0.573 e. The lowest BCUT2D eigenvalue weighted by molar-refractivity contribution is -0.275. The first-order chi connectivity index (χ1) is 9.80. The van der Waals surface area contributed by atoms with Gasteiger partial charge in [0.2, 0.25) is 0 Å². The number of benzene rings is 1. The van der Waals surface area contributed by atoms with Crippen molar-refractivity contribution in [3.63, 3.8) is 0 Å². The van der Waals surface area contributed by atoms with Gasteiger partial charge in [0.1, 0.15) is 5.75 Å². The first-order valence-corrected chi connectivity index (χ1v) is 6.96. The Labute approximate surface area is 127 Å². The van der Waals surface area contributed by atoms with Gasteiger partial charge in [-0.2, -0.15) is 5.26 Å². The van der Waals surface area contributed by atoms with E-state index in [1.54, 1.807) is 13.0 Å². The van der Waals surface area contributed by atoms with Gasteiger partial charge in [-0.15, -0.1) is 13.2 Å². The lowest BCUT2D eigenvalue weighted by Gasteiger charge is -2.15. The van der Waals surface area contributed by atoms with E-state index in [4.69, 9.17) is 10.00 Å². The van der Waals surface area contributed by atoms with Crippen molar-refractivity contribution < 1.29 is 27.4 Å². The first-order valence-electron chi connectivity index (χ1n) is 5.84. The Morgan fingerprint density at radius 3 is 2.52 bits per heavy atom. The fourth-order valence-electron chi connectivity index (χ4n) is 1.62. The molecule has 8 heteroatoms. The van der Waals surface area contributed by atoms with Gasteiger partial charge in [0.25, 0.3) is 0 Å². The highest BCUT2D eigenvalue weighted by Gasteiger charge is 2.32. The summed E-state index contributed by atoms with van der Waals surface area (Å²) in [5, 5.41) is 9.19. The fraction of sp³-hybridized carbons (Fsp3) is 0.385. The molecule has 0 saturated heterocycles. The number of carbonyl (C=O) groups is 1. The van der Waals surface area contributed by atoms with Crippen LogP contribution < -0.4 is 4.74 Å². The number of halogens is 4. The minimum absolute atomic E-state index is 0.0132. The molecule has 1 aromatic carbocycles. The highest BCUT2D eigenvalue weighted by Crippen LogP contribution is 2.30. The van der Waals surface area contributed by atoms with E-state index in [2.05, 4.69) is 20.7 Å². The van der Waals surface area contributed by atoms with Crippen molar-refractivity contribution in [1.82, 2.24) is 0 Å². The van der Waals surface area contributed by atoms with Crippen LogP contribution in [0.5, 0.6) is 5.75 Å². The Balaban J connectivity index is 3.23. The molecule has 1 aromatic rings. The third-order valence-electron chi connectivity index (χ3n) is 2.42. The molecule has 0 aromatic heterocycles. The molecule has 0 heterocycles. The number of ether oxygens (including phenoxy) is 2.